The lowest BCUT2D eigenvalue weighted by molar-refractivity contribution is -0.138. The first kappa shape index (κ1) is 20.0. The number of nitrogens with one attached hydrogen (secondary N) is 1. The quantitative estimate of drug-likeness (QED) is 0.853. The van der Waals surface area contributed by atoms with Gasteiger partial charge in [0.25, 0.3) is 0 Å². The minimum absolute atomic E-state index is 0. The van der Waals surface area contributed by atoms with Crippen molar-refractivity contribution in [1.29, 1.82) is 0 Å². The number of ether oxygens (including phenoxy) is 1. The monoisotopic (exact) mass is 368 g/mol. The van der Waals surface area contributed by atoms with Crippen LogP contribution in [0.25, 0.3) is 0 Å². The second-order valence-electron chi connectivity index (χ2n) is 7.11. The van der Waals surface area contributed by atoms with Crippen LogP contribution in [-0.2, 0) is 11.2 Å². The van der Waals surface area contributed by atoms with Crippen LogP contribution < -0.4 is 10.1 Å². The molecule has 0 unspecified atom stereocenters. The molecule has 1 spiro atoms. The molecule has 140 valence electrons. The topological polar surface area (TPSA) is 61.8 Å². The van der Waals surface area contributed by atoms with E-state index in [9.17, 15) is 9.90 Å². The molecule has 2 fully saturated rings. The highest BCUT2D eigenvalue weighted by atomic mass is 35.5. The molecule has 1 amide bonds. The van der Waals surface area contributed by atoms with Crippen LogP contribution in [0.15, 0.2) is 24.3 Å². The highest BCUT2D eigenvalue weighted by molar-refractivity contribution is 5.85. The van der Waals surface area contributed by atoms with Crippen LogP contribution in [0, 0.1) is 5.41 Å². The standard InChI is InChI=1S/C19H28N2O3.ClH/c1-24-16-6-3-15(4-7-16)5-8-18(23)21-12-2-10-19(14-21)13-20-11-9-17(19)22;/h3-4,6-7,17,20,22H,2,5,8-14H2,1H3;1H/t17-,19-;/m0./s1. The zero-order chi connectivity index (χ0) is 17.0. The molecular formula is C19H29ClN2O3. The summed E-state index contributed by atoms with van der Waals surface area (Å²) in [6.07, 6.45) is 3.74. The van der Waals surface area contributed by atoms with Crippen molar-refractivity contribution in [1.82, 2.24) is 10.2 Å². The van der Waals surface area contributed by atoms with Gasteiger partial charge in [-0.05, 0) is 49.9 Å². The van der Waals surface area contributed by atoms with Crippen LogP contribution in [0.3, 0.4) is 0 Å². The maximum Gasteiger partial charge on any atom is 0.222 e. The molecule has 0 aromatic heterocycles. The van der Waals surface area contributed by atoms with Gasteiger partial charge in [0.1, 0.15) is 5.75 Å². The number of amides is 1. The molecule has 5 nitrogen and oxygen atoms in total. The summed E-state index contributed by atoms with van der Waals surface area (Å²) in [5.74, 6) is 1.03. The Morgan fingerprint density at radius 2 is 2.16 bits per heavy atom. The van der Waals surface area contributed by atoms with Crippen molar-refractivity contribution in [2.45, 2.75) is 38.2 Å². The molecule has 3 rings (SSSR count). The fourth-order valence-electron chi connectivity index (χ4n) is 3.99. The zero-order valence-electron chi connectivity index (χ0n) is 14.9. The van der Waals surface area contributed by atoms with E-state index in [4.69, 9.17) is 4.74 Å². The van der Waals surface area contributed by atoms with Crippen molar-refractivity contribution in [3.05, 3.63) is 29.8 Å². The molecule has 6 heteroatoms. The number of aliphatic hydroxyl groups excluding tert-OH is 1. The number of hydrogen-bond acceptors (Lipinski definition) is 4. The Kier molecular flexibility index (Phi) is 7.11. The third-order valence-electron chi connectivity index (χ3n) is 5.53. The van der Waals surface area contributed by atoms with Gasteiger partial charge in [0.15, 0.2) is 0 Å². The van der Waals surface area contributed by atoms with Gasteiger partial charge in [0.05, 0.1) is 13.2 Å². The van der Waals surface area contributed by atoms with Crippen molar-refractivity contribution in [3.63, 3.8) is 0 Å². The number of likely N-dealkylation sites (tertiary alicyclic amines) is 1. The number of benzene rings is 1. The van der Waals surface area contributed by atoms with E-state index in [2.05, 4.69) is 5.32 Å². The average Bonchev–Trinajstić information content (AvgIpc) is 2.63. The number of carbonyl (C=O) groups is 1. The van der Waals surface area contributed by atoms with Gasteiger partial charge in [-0.1, -0.05) is 12.1 Å². The Bertz CT molecular complexity index is 562. The molecule has 0 aliphatic carbocycles. The Morgan fingerprint density at radius 3 is 2.84 bits per heavy atom. The first-order valence-electron chi connectivity index (χ1n) is 8.92. The highest BCUT2D eigenvalue weighted by Crippen LogP contribution is 2.36. The van der Waals surface area contributed by atoms with Gasteiger partial charge in [-0.2, -0.15) is 0 Å². The van der Waals surface area contributed by atoms with Gasteiger partial charge in [0.2, 0.25) is 5.91 Å². The van der Waals surface area contributed by atoms with Crippen LogP contribution in [0.5, 0.6) is 5.75 Å². The predicted molar refractivity (Wildman–Crippen MR) is 100 cm³/mol. The average molecular weight is 369 g/mol. The molecule has 0 radical (unpaired) electrons. The molecule has 2 N–H and O–H groups in total. The maximum atomic E-state index is 12.6. The van der Waals surface area contributed by atoms with Gasteiger partial charge in [-0.15, -0.1) is 12.4 Å². The number of aliphatic hydroxyl groups is 1. The lowest BCUT2D eigenvalue weighted by atomic mass is 9.72. The minimum atomic E-state index is -0.295. The largest absolute Gasteiger partial charge is 0.497 e. The number of piperidine rings is 2. The second-order valence-corrected chi connectivity index (χ2v) is 7.11. The zero-order valence-corrected chi connectivity index (χ0v) is 15.7. The van der Waals surface area contributed by atoms with Crippen molar-refractivity contribution < 1.29 is 14.6 Å². The molecule has 2 atom stereocenters. The third-order valence-corrected chi connectivity index (χ3v) is 5.53. The van der Waals surface area contributed by atoms with E-state index in [1.54, 1.807) is 7.11 Å². The van der Waals surface area contributed by atoms with Gasteiger partial charge in [0, 0.05) is 31.5 Å². The molecule has 1 aromatic carbocycles. The molecule has 0 bridgehead atoms. The number of hydrogen-bond donors (Lipinski definition) is 2. The van der Waals surface area contributed by atoms with Crippen molar-refractivity contribution in [2.75, 3.05) is 33.3 Å². The maximum absolute atomic E-state index is 12.6. The second kappa shape index (κ2) is 8.88. The number of nitrogens with zero attached hydrogens (tertiary/aromatic N) is 1. The van der Waals surface area contributed by atoms with E-state index < -0.39 is 0 Å². The van der Waals surface area contributed by atoms with Crippen molar-refractivity contribution in [2.24, 2.45) is 5.41 Å². The summed E-state index contributed by atoms with van der Waals surface area (Å²) in [5, 5.41) is 13.8. The lowest BCUT2D eigenvalue weighted by Gasteiger charge is -2.48. The van der Waals surface area contributed by atoms with Crippen LogP contribution in [-0.4, -0.2) is 55.3 Å². The van der Waals surface area contributed by atoms with Crippen LogP contribution in [0.2, 0.25) is 0 Å². The Labute approximate surface area is 156 Å². The molecule has 2 aliphatic heterocycles. The molecular weight excluding hydrogens is 340 g/mol. The number of carbonyl (C=O) groups excluding carboxylic acids is 1. The number of halogens is 1. The molecule has 2 heterocycles. The van der Waals surface area contributed by atoms with Crippen LogP contribution in [0.1, 0.15) is 31.2 Å². The summed E-state index contributed by atoms with van der Waals surface area (Å²) in [6.45, 7) is 3.18. The molecule has 0 saturated carbocycles. The summed E-state index contributed by atoms with van der Waals surface area (Å²) in [4.78, 5) is 14.6. The molecule has 25 heavy (non-hydrogen) atoms. The van der Waals surface area contributed by atoms with E-state index >= 15 is 0 Å². The summed E-state index contributed by atoms with van der Waals surface area (Å²) in [5.41, 5.74) is 1.00. The van der Waals surface area contributed by atoms with E-state index in [0.717, 1.165) is 56.6 Å². The molecule has 1 aromatic rings. The molecule has 2 saturated heterocycles. The Morgan fingerprint density at radius 1 is 1.40 bits per heavy atom. The summed E-state index contributed by atoms with van der Waals surface area (Å²) >= 11 is 0. The van der Waals surface area contributed by atoms with Crippen LogP contribution in [0.4, 0.5) is 0 Å². The summed E-state index contributed by atoms with van der Waals surface area (Å²) in [6, 6.07) is 7.89. The summed E-state index contributed by atoms with van der Waals surface area (Å²) < 4.78 is 5.16. The van der Waals surface area contributed by atoms with Gasteiger partial charge in [-0.3, -0.25) is 4.79 Å². The normalized spacial score (nSPS) is 26.2. The van der Waals surface area contributed by atoms with Gasteiger partial charge < -0.3 is 20.1 Å². The van der Waals surface area contributed by atoms with E-state index in [1.807, 2.05) is 29.2 Å². The number of rotatable bonds is 4. The number of aryl methyl sites for hydroxylation is 1. The van der Waals surface area contributed by atoms with Crippen LogP contribution >= 0.6 is 12.4 Å². The Balaban J connectivity index is 0.00000225. The fraction of sp³-hybridized carbons (Fsp3) is 0.632. The minimum Gasteiger partial charge on any atom is -0.497 e. The third kappa shape index (κ3) is 4.66. The fourth-order valence-corrected chi connectivity index (χ4v) is 3.99. The predicted octanol–water partition coefficient (Wildman–Crippen LogP) is 2.01. The summed E-state index contributed by atoms with van der Waals surface area (Å²) in [7, 11) is 1.65. The lowest BCUT2D eigenvalue weighted by Crippen LogP contribution is -2.58. The van der Waals surface area contributed by atoms with Gasteiger partial charge >= 0.3 is 0 Å². The van der Waals surface area contributed by atoms with Gasteiger partial charge in [-0.25, -0.2) is 0 Å². The van der Waals surface area contributed by atoms with Crippen molar-refractivity contribution in [3.8, 4) is 5.75 Å². The Hall–Kier alpha value is -1.30. The number of methoxy groups -OCH3 is 1. The van der Waals surface area contributed by atoms with E-state index in [-0.39, 0.29) is 29.8 Å². The van der Waals surface area contributed by atoms with Crippen molar-refractivity contribution >= 4 is 18.3 Å². The smallest absolute Gasteiger partial charge is 0.222 e. The molecule has 2 aliphatic rings. The highest BCUT2D eigenvalue weighted by Gasteiger charge is 2.43. The first-order valence-corrected chi connectivity index (χ1v) is 8.92. The first-order chi connectivity index (χ1) is 11.6. The van der Waals surface area contributed by atoms with E-state index in [1.165, 1.54) is 0 Å². The van der Waals surface area contributed by atoms with E-state index in [0.29, 0.717) is 13.0 Å². The SMILES string of the molecule is COc1ccc(CCC(=O)N2CCC[C@]3(CNCC[C@@H]3O)C2)cc1.Cl.